The number of nitrogens with zero attached hydrogens (tertiary/aromatic N) is 3. The van der Waals surface area contributed by atoms with Gasteiger partial charge in [0.2, 0.25) is 4.77 Å². The van der Waals surface area contributed by atoms with Crippen LogP contribution in [0.25, 0.3) is 0 Å². The Morgan fingerprint density at radius 2 is 2.13 bits per heavy atom. The Hall–Kier alpha value is -2.15. The van der Waals surface area contributed by atoms with Gasteiger partial charge in [0, 0.05) is 6.42 Å². The quantitative estimate of drug-likeness (QED) is 0.621. The van der Waals surface area contributed by atoms with Crippen molar-refractivity contribution in [2.45, 2.75) is 40.2 Å². The lowest BCUT2D eigenvalue weighted by atomic mass is 10.2. The zero-order valence-corrected chi connectivity index (χ0v) is 14.7. The molecular formula is C16H22N4O2S. The van der Waals surface area contributed by atoms with Gasteiger partial charge in [-0.1, -0.05) is 6.92 Å². The summed E-state index contributed by atoms with van der Waals surface area (Å²) in [5, 5.41) is 11.3. The van der Waals surface area contributed by atoms with Crippen molar-refractivity contribution in [3.05, 3.63) is 34.4 Å². The third-order valence-corrected chi connectivity index (χ3v) is 3.25. The van der Waals surface area contributed by atoms with Gasteiger partial charge in [-0.05, 0) is 56.8 Å². The highest BCUT2D eigenvalue weighted by atomic mass is 32.1. The van der Waals surface area contributed by atoms with Crippen LogP contribution >= 0.6 is 12.2 Å². The summed E-state index contributed by atoms with van der Waals surface area (Å²) in [5.74, 6) is 2.22. The number of aromatic amines is 1. The predicted octanol–water partition coefficient (Wildman–Crippen LogP) is 3.57. The van der Waals surface area contributed by atoms with Crippen LogP contribution in [0.15, 0.2) is 23.3 Å². The van der Waals surface area contributed by atoms with Gasteiger partial charge in [-0.3, -0.25) is 5.10 Å². The summed E-state index contributed by atoms with van der Waals surface area (Å²) in [6, 6.07) is 5.72. The second-order valence-electron chi connectivity index (χ2n) is 5.16. The molecule has 0 unspecified atom stereocenters. The summed E-state index contributed by atoms with van der Waals surface area (Å²) in [7, 11) is 0. The minimum atomic E-state index is 0.0881. The monoisotopic (exact) mass is 334 g/mol. The maximum Gasteiger partial charge on any atom is 0.216 e. The molecule has 0 aliphatic rings. The van der Waals surface area contributed by atoms with Crippen LogP contribution in [0.2, 0.25) is 0 Å². The summed E-state index contributed by atoms with van der Waals surface area (Å²) in [4.78, 5) is 0. The van der Waals surface area contributed by atoms with Gasteiger partial charge >= 0.3 is 0 Å². The van der Waals surface area contributed by atoms with E-state index < -0.39 is 0 Å². The fourth-order valence-electron chi connectivity index (χ4n) is 2.02. The largest absolute Gasteiger partial charge is 0.490 e. The van der Waals surface area contributed by atoms with E-state index >= 15 is 0 Å². The number of aromatic nitrogens is 3. The average Bonchev–Trinajstić information content (AvgIpc) is 2.87. The highest BCUT2D eigenvalue weighted by Gasteiger charge is 2.08. The van der Waals surface area contributed by atoms with Crippen LogP contribution in [-0.2, 0) is 6.42 Å². The van der Waals surface area contributed by atoms with E-state index in [1.807, 2.05) is 45.9 Å². The van der Waals surface area contributed by atoms with Crippen molar-refractivity contribution in [3.8, 4) is 11.5 Å². The molecule has 0 radical (unpaired) electrons. The first-order valence-corrected chi connectivity index (χ1v) is 8.10. The topological polar surface area (TPSA) is 64.4 Å². The molecule has 0 fully saturated rings. The molecule has 6 nitrogen and oxygen atoms in total. The first-order chi connectivity index (χ1) is 11.0. The number of benzene rings is 1. The number of H-pyrrole nitrogens is 1. The lowest BCUT2D eigenvalue weighted by Crippen LogP contribution is -2.07. The van der Waals surface area contributed by atoms with Crippen molar-refractivity contribution in [1.82, 2.24) is 14.9 Å². The highest BCUT2D eigenvalue weighted by molar-refractivity contribution is 7.71. The van der Waals surface area contributed by atoms with Crippen LogP contribution < -0.4 is 9.47 Å². The van der Waals surface area contributed by atoms with Crippen LogP contribution in [0.5, 0.6) is 11.5 Å². The van der Waals surface area contributed by atoms with E-state index in [4.69, 9.17) is 21.7 Å². The van der Waals surface area contributed by atoms with Crippen molar-refractivity contribution in [2.24, 2.45) is 5.10 Å². The van der Waals surface area contributed by atoms with Gasteiger partial charge in [-0.2, -0.15) is 14.9 Å². The summed E-state index contributed by atoms with van der Waals surface area (Å²) in [6.07, 6.45) is 2.56. The molecule has 7 heteroatoms. The molecule has 1 aromatic heterocycles. The van der Waals surface area contributed by atoms with Gasteiger partial charge in [0.25, 0.3) is 0 Å². The van der Waals surface area contributed by atoms with Crippen LogP contribution in [0.4, 0.5) is 0 Å². The Bertz CT molecular complexity index is 734. The summed E-state index contributed by atoms with van der Waals surface area (Å²) in [6.45, 7) is 8.48. The molecule has 1 N–H and O–H groups in total. The van der Waals surface area contributed by atoms with Crippen molar-refractivity contribution >= 4 is 18.4 Å². The van der Waals surface area contributed by atoms with Crippen molar-refractivity contribution < 1.29 is 9.47 Å². The molecule has 0 atom stereocenters. The minimum Gasteiger partial charge on any atom is -0.490 e. The first kappa shape index (κ1) is 17.2. The molecule has 0 saturated heterocycles. The second-order valence-corrected chi connectivity index (χ2v) is 5.55. The minimum absolute atomic E-state index is 0.0881. The Balaban J connectivity index is 2.29. The number of hydrogen-bond acceptors (Lipinski definition) is 5. The fourth-order valence-corrected chi connectivity index (χ4v) is 2.22. The number of rotatable bonds is 7. The van der Waals surface area contributed by atoms with E-state index in [2.05, 4.69) is 15.3 Å². The van der Waals surface area contributed by atoms with Gasteiger partial charge in [0.15, 0.2) is 17.3 Å². The van der Waals surface area contributed by atoms with Gasteiger partial charge in [0.05, 0.1) is 18.9 Å². The Labute approximate surface area is 141 Å². The van der Waals surface area contributed by atoms with E-state index in [1.54, 1.807) is 10.9 Å². The molecule has 0 saturated carbocycles. The van der Waals surface area contributed by atoms with Crippen LogP contribution in [0.3, 0.4) is 0 Å². The molecule has 1 heterocycles. The Morgan fingerprint density at radius 1 is 1.35 bits per heavy atom. The number of aryl methyl sites for hydroxylation is 1. The lowest BCUT2D eigenvalue weighted by molar-refractivity contribution is 0.224. The predicted molar refractivity (Wildman–Crippen MR) is 93.2 cm³/mol. The Morgan fingerprint density at radius 3 is 2.78 bits per heavy atom. The average molecular weight is 334 g/mol. The fraction of sp³-hybridized carbons (Fsp3) is 0.438. The molecule has 0 amide bonds. The smallest absolute Gasteiger partial charge is 0.216 e. The van der Waals surface area contributed by atoms with E-state index in [9.17, 15) is 0 Å². The molecule has 2 rings (SSSR count). The van der Waals surface area contributed by atoms with E-state index in [0.29, 0.717) is 17.1 Å². The SMILES string of the molecule is CCOc1cc(/C=N/n2c(CC)n[nH]c2=S)ccc1OC(C)C. The van der Waals surface area contributed by atoms with Crippen LogP contribution in [0, 0.1) is 4.77 Å². The molecule has 23 heavy (non-hydrogen) atoms. The van der Waals surface area contributed by atoms with Gasteiger partial charge < -0.3 is 9.47 Å². The van der Waals surface area contributed by atoms with Gasteiger partial charge in [-0.15, -0.1) is 0 Å². The molecule has 2 aromatic rings. The third-order valence-electron chi connectivity index (χ3n) is 2.99. The lowest BCUT2D eigenvalue weighted by Gasteiger charge is -2.14. The standard InChI is InChI=1S/C16H22N4O2S/c1-5-15-18-19-16(23)20(15)17-10-12-7-8-13(22-11(3)4)14(9-12)21-6-2/h7-11H,5-6H2,1-4H3,(H,19,23)/b17-10+. The summed E-state index contributed by atoms with van der Waals surface area (Å²) in [5.41, 5.74) is 0.898. The summed E-state index contributed by atoms with van der Waals surface area (Å²) >= 11 is 5.18. The molecule has 0 aliphatic heterocycles. The van der Waals surface area contributed by atoms with E-state index in [0.717, 1.165) is 23.6 Å². The maximum atomic E-state index is 5.75. The van der Waals surface area contributed by atoms with Crippen molar-refractivity contribution in [2.75, 3.05) is 6.61 Å². The van der Waals surface area contributed by atoms with Gasteiger partial charge in [0.1, 0.15) is 0 Å². The van der Waals surface area contributed by atoms with Crippen molar-refractivity contribution in [3.63, 3.8) is 0 Å². The molecule has 0 spiro atoms. The van der Waals surface area contributed by atoms with Crippen molar-refractivity contribution in [1.29, 1.82) is 0 Å². The molecule has 0 aliphatic carbocycles. The molecule has 1 aromatic carbocycles. The Kier molecular flexibility index (Phi) is 5.92. The molecule has 124 valence electrons. The zero-order valence-electron chi connectivity index (χ0n) is 13.9. The first-order valence-electron chi connectivity index (χ1n) is 7.69. The summed E-state index contributed by atoms with van der Waals surface area (Å²) < 4.78 is 13.5. The van der Waals surface area contributed by atoms with E-state index in [1.165, 1.54) is 0 Å². The van der Waals surface area contributed by atoms with E-state index in [-0.39, 0.29) is 6.10 Å². The maximum absolute atomic E-state index is 5.75. The van der Waals surface area contributed by atoms with Gasteiger partial charge in [-0.25, -0.2) is 0 Å². The number of nitrogens with one attached hydrogen (secondary N) is 1. The zero-order chi connectivity index (χ0) is 16.8. The second kappa shape index (κ2) is 7.92. The molecular weight excluding hydrogens is 312 g/mol. The molecule has 0 bridgehead atoms. The number of ether oxygens (including phenoxy) is 2. The van der Waals surface area contributed by atoms with Crippen LogP contribution in [0.1, 0.15) is 39.1 Å². The number of hydrogen-bond donors (Lipinski definition) is 1. The highest BCUT2D eigenvalue weighted by Crippen LogP contribution is 2.29. The third kappa shape index (κ3) is 4.41. The van der Waals surface area contributed by atoms with Crippen LogP contribution in [-0.4, -0.2) is 33.8 Å². The normalized spacial score (nSPS) is 11.3.